The van der Waals surface area contributed by atoms with Gasteiger partial charge < -0.3 is 34.7 Å². The highest BCUT2D eigenvalue weighted by molar-refractivity contribution is 5.89. The Labute approximate surface area is 298 Å². The van der Waals surface area contributed by atoms with Gasteiger partial charge in [-0.3, -0.25) is 4.90 Å². The van der Waals surface area contributed by atoms with Crippen molar-refractivity contribution in [1.82, 2.24) is 10.2 Å². The second kappa shape index (κ2) is 16.8. The molecular formula is C42H43N3O6. The average Bonchev–Trinajstić information content (AvgIpc) is 3.19. The largest absolute Gasteiger partial charge is 0.457 e. The molecule has 51 heavy (non-hydrogen) atoms. The first-order valence-corrected chi connectivity index (χ1v) is 17.5. The van der Waals surface area contributed by atoms with Crippen molar-refractivity contribution in [2.24, 2.45) is 0 Å². The van der Waals surface area contributed by atoms with Crippen LogP contribution in [-0.4, -0.2) is 55.0 Å². The summed E-state index contributed by atoms with van der Waals surface area (Å²) in [5.74, 6) is 1.44. The van der Waals surface area contributed by atoms with Crippen molar-refractivity contribution in [2.45, 2.75) is 38.1 Å². The Bertz CT molecular complexity index is 1850. The van der Waals surface area contributed by atoms with Gasteiger partial charge in [0.15, 0.2) is 6.29 Å². The van der Waals surface area contributed by atoms with Crippen LogP contribution in [0.4, 0.5) is 10.5 Å². The number of anilines is 1. The zero-order chi connectivity index (χ0) is 34.8. The van der Waals surface area contributed by atoms with Gasteiger partial charge in [-0.05, 0) is 64.2 Å². The Morgan fingerprint density at radius 3 is 2.20 bits per heavy atom. The van der Waals surface area contributed by atoms with Crippen LogP contribution in [0.2, 0.25) is 0 Å². The van der Waals surface area contributed by atoms with Crippen LogP contribution < -0.4 is 15.4 Å². The number of hydrogen-bond donors (Lipinski definition) is 3. The van der Waals surface area contributed by atoms with Gasteiger partial charge in [-0.2, -0.15) is 0 Å². The highest BCUT2D eigenvalue weighted by Crippen LogP contribution is 2.39. The van der Waals surface area contributed by atoms with Gasteiger partial charge >= 0.3 is 6.03 Å². The fourth-order valence-corrected chi connectivity index (χ4v) is 6.46. The Morgan fingerprint density at radius 1 is 0.765 bits per heavy atom. The average molecular weight is 686 g/mol. The van der Waals surface area contributed by atoms with E-state index in [1.165, 1.54) is 0 Å². The minimum atomic E-state index is -0.527. The summed E-state index contributed by atoms with van der Waals surface area (Å²) in [6.45, 7) is 4.44. The van der Waals surface area contributed by atoms with E-state index in [-0.39, 0.29) is 24.8 Å². The van der Waals surface area contributed by atoms with E-state index >= 15 is 0 Å². The van der Waals surface area contributed by atoms with Crippen LogP contribution >= 0.6 is 0 Å². The van der Waals surface area contributed by atoms with E-state index in [0.29, 0.717) is 18.0 Å². The second-order valence-electron chi connectivity index (χ2n) is 12.8. The molecule has 0 saturated carbocycles. The zero-order valence-electron chi connectivity index (χ0n) is 28.4. The first kappa shape index (κ1) is 34.4. The lowest BCUT2D eigenvalue weighted by Gasteiger charge is -2.39. The van der Waals surface area contributed by atoms with E-state index in [2.05, 4.69) is 45.9 Å². The van der Waals surface area contributed by atoms with Crippen molar-refractivity contribution in [3.05, 3.63) is 150 Å². The van der Waals surface area contributed by atoms with Crippen LogP contribution in [-0.2, 0) is 27.4 Å². The Morgan fingerprint density at radius 2 is 1.45 bits per heavy atom. The summed E-state index contributed by atoms with van der Waals surface area (Å²) in [5, 5.41) is 15.4. The van der Waals surface area contributed by atoms with Crippen molar-refractivity contribution in [3.63, 3.8) is 0 Å². The van der Waals surface area contributed by atoms with Crippen LogP contribution in [0.15, 0.2) is 127 Å². The summed E-state index contributed by atoms with van der Waals surface area (Å²) in [6.07, 6.45) is 0.0657. The molecule has 3 N–H and O–H groups in total. The highest BCUT2D eigenvalue weighted by atomic mass is 16.7. The number of nitrogens with one attached hydrogen (secondary N) is 2. The van der Waals surface area contributed by atoms with E-state index in [1.54, 1.807) is 0 Å². The molecule has 2 amide bonds. The van der Waals surface area contributed by atoms with Crippen molar-refractivity contribution < 1.29 is 28.8 Å². The summed E-state index contributed by atoms with van der Waals surface area (Å²) in [4.78, 5) is 15.2. The lowest BCUT2D eigenvalue weighted by atomic mass is 9.97. The van der Waals surface area contributed by atoms with Gasteiger partial charge in [0.05, 0.1) is 32.0 Å². The molecule has 3 atom stereocenters. The first-order valence-electron chi connectivity index (χ1n) is 17.5. The van der Waals surface area contributed by atoms with E-state index in [4.69, 9.17) is 18.9 Å². The van der Waals surface area contributed by atoms with Gasteiger partial charge in [-0.15, -0.1) is 0 Å². The van der Waals surface area contributed by atoms with E-state index in [0.717, 1.165) is 78.4 Å². The van der Waals surface area contributed by atoms with Gasteiger partial charge in [-0.1, -0.05) is 91.0 Å². The molecule has 2 heterocycles. The number of urea groups is 1. The van der Waals surface area contributed by atoms with Crippen LogP contribution in [0, 0.1) is 0 Å². The Kier molecular flexibility index (Phi) is 11.3. The van der Waals surface area contributed by atoms with Gasteiger partial charge in [0.25, 0.3) is 0 Å². The van der Waals surface area contributed by atoms with Crippen LogP contribution in [0.5, 0.6) is 11.5 Å². The minimum absolute atomic E-state index is 0.0103. The molecular weight excluding hydrogens is 642 g/mol. The number of hydrogen-bond acceptors (Lipinski definition) is 7. The number of nitrogens with zero attached hydrogens (tertiary/aromatic N) is 1. The number of amides is 2. The molecule has 0 spiro atoms. The van der Waals surface area contributed by atoms with Crippen molar-refractivity contribution in [2.75, 3.05) is 38.2 Å². The Hall–Kier alpha value is -5.03. The minimum Gasteiger partial charge on any atom is -0.457 e. The number of rotatable bonds is 11. The molecule has 0 radical (unpaired) electrons. The molecule has 262 valence electrons. The maximum Gasteiger partial charge on any atom is 0.319 e. The summed E-state index contributed by atoms with van der Waals surface area (Å²) in [6, 6.07) is 40.9. The molecule has 2 saturated heterocycles. The van der Waals surface area contributed by atoms with Gasteiger partial charge in [0, 0.05) is 43.9 Å². The molecule has 0 aliphatic carbocycles. The number of ether oxygens (including phenoxy) is 4. The van der Waals surface area contributed by atoms with Crippen molar-refractivity contribution >= 4 is 11.7 Å². The smallest absolute Gasteiger partial charge is 0.319 e. The molecule has 2 aliphatic rings. The van der Waals surface area contributed by atoms with E-state index in [1.807, 2.05) is 97.1 Å². The standard InChI is InChI=1S/C42H43N3O6/c46-29-30-10-12-32(13-11-30)40-26-38(28-45-22-24-48-25-23-45)50-41(51-40)33-16-14-31(15-17-33)39-9-5-4-6-34(39)27-43-42(47)44-35-18-20-37(21-19-35)49-36-7-2-1-3-8-36/h1-21,38,40-41,46H,22-29H2,(H2,43,44,47)/t38-,40+,41+/m0/s1. The van der Waals surface area contributed by atoms with E-state index in [9.17, 15) is 9.90 Å². The lowest BCUT2D eigenvalue weighted by molar-refractivity contribution is -0.253. The van der Waals surface area contributed by atoms with E-state index < -0.39 is 6.29 Å². The third-order valence-electron chi connectivity index (χ3n) is 9.22. The van der Waals surface area contributed by atoms with Crippen LogP contribution in [0.1, 0.15) is 41.1 Å². The maximum absolute atomic E-state index is 12.8. The molecule has 9 heteroatoms. The summed E-state index contributed by atoms with van der Waals surface area (Å²) in [5.41, 5.74) is 6.61. The van der Waals surface area contributed by atoms with Gasteiger partial charge in [0.1, 0.15) is 11.5 Å². The SMILES string of the molecule is O=C(NCc1ccccc1-c1ccc([C@@H]2O[C@H](CN3CCOCC3)C[C@H](c3ccc(CO)cc3)O2)cc1)Nc1ccc(Oc2ccccc2)cc1. The normalized spacial score (nSPS) is 19.3. The summed E-state index contributed by atoms with van der Waals surface area (Å²) in [7, 11) is 0. The van der Waals surface area contributed by atoms with Crippen molar-refractivity contribution in [3.8, 4) is 22.6 Å². The number of aliphatic hydroxyl groups is 1. The zero-order valence-corrected chi connectivity index (χ0v) is 28.4. The molecule has 0 aromatic heterocycles. The third-order valence-corrected chi connectivity index (χ3v) is 9.22. The topological polar surface area (TPSA) is 102 Å². The predicted molar refractivity (Wildman–Crippen MR) is 196 cm³/mol. The molecule has 7 rings (SSSR count). The maximum atomic E-state index is 12.8. The number of aliphatic hydroxyl groups excluding tert-OH is 1. The molecule has 5 aromatic rings. The molecule has 9 nitrogen and oxygen atoms in total. The third kappa shape index (κ3) is 9.21. The molecule has 2 aliphatic heterocycles. The first-order chi connectivity index (χ1) is 25.1. The Balaban J connectivity index is 0.995. The second-order valence-corrected chi connectivity index (χ2v) is 12.8. The molecule has 0 unspecified atom stereocenters. The molecule has 0 bridgehead atoms. The number of benzene rings is 5. The molecule has 2 fully saturated rings. The van der Waals surface area contributed by atoms with Crippen LogP contribution in [0.3, 0.4) is 0 Å². The molecule has 5 aromatic carbocycles. The monoisotopic (exact) mass is 685 g/mol. The highest BCUT2D eigenvalue weighted by Gasteiger charge is 2.33. The van der Waals surface area contributed by atoms with Gasteiger partial charge in [0.2, 0.25) is 0 Å². The van der Waals surface area contributed by atoms with Gasteiger partial charge in [-0.25, -0.2) is 4.79 Å². The predicted octanol–water partition coefficient (Wildman–Crippen LogP) is 7.84. The fraction of sp³-hybridized carbons (Fsp3) is 0.262. The summed E-state index contributed by atoms with van der Waals surface area (Å²) >= 11 is 0. The summed E-state index contributed by atoms with van der Waals surface area (Å²) < 4.78 is 24.6. The number of carbonyl (C=O) groups excluding carboxylic acids is 1. The quantitative estimate of drug-likeness (QED) is 0.130. The lowest BCUT2D eigenvalue weighted by Crippen LogP contribution is -2.44. The number of carbonyl (C=O) groups is 1. The number of morpholine rings is 1. The number of para-hydroxylation sites is 1. The van der Waals surface area contributed by atoms with Crippen LogP contribution in [0.25, 0.3) is 11.1 Å². The van der Waals surface area contributed by atoms with Crippen molar-refractivity contribution in [1.29, 1.82) is 0 Å². The fourth-order valence-electron chi connectivity index (χ4n) is 6.46.